The smallest absolute Gasteiger partial charge is 0.220 e. The highest BCUT2D eigenvalue weighted by molar-refractivity contribution is 6.30. The molecule has 0 aliphatic heterocycles. The van der Waals surface area contributed by atoms with E-state index >= 15 is 0 Å². The minimum absolute atomic E-state index is 0.0149. The fourth-order valence-corrected chi connectivity index (χ4v) is 2.50. The molecule has 0 heterocycles. The standard InChI is InChI=1S/C20H24ClNO3/c1-3-24-18-10-6-16(7-11-18)15(2)22-20(23)5-4-14-25-19-12-8-17(21)9-13-19/h6-13,15H,3-5,14H2,1-2H3,(H,22,23). The Bertz CT molecular complexity index is 656. The highest BCUT2D eigenvalue weighted by Gasteiger charge is 2.09. The molecule has 5 heteroatoms. The molecule has 0 radical (unpaired) electrons. The molecule has 0 aromatic heterocycles. The zero-order chi connectivity index (χ0) is 18.1. The van der Waals surface area contributed by atoms with Crippen LogP contribution in [0, 0.1) is 0 Å². The summed E-state index contributed by atoms with van der Waals surface area (Å²) in [5, 5.41) is 3.68. The lowest BCUT2D eigenvalue weighted by molar-refractivity contribution is -0.121. The Morgan fingerprint density at radius 2 is 1.64 bits per heavy atom. The Kier molecular flexibility index (Phi) is 7.61. The third-order valence-electron chi connectivity index (χ3n) is 3.70. The third kappa shape index (κ3) is 6.67. The van der Waals surface area contributed by atoms with Crippen LogP contribution in [0.15, 0.2) is 48.5 Å². The molecule has 0 aliphatic rings. The number of nitrogens with one attached hydrogen (secondary N) is 1. The first-order chi connectivity index (χ1) is 12.1. The summed E-state index contributed by atoms with van der Waals surface area (Å²) < 4.78 is 11.0. The van der Waals surface area contributed by atoms with Gasteiger partial charge in [0.05, 0.1) is 19.3 Å². The highest BCUT2D eigenvalue weighted by atomic mass is 35.5. The molecule has 0 fully saturated rings. The van der Waals surface area contributed by atoms with Gasteiger partial charge in [-0.2, -0.15) is 0 Å². The van der Waals surface area contributed by atoms with Gasteiger partial charge in [-0.15, -0.1) is 0 Å². The van der Waals surface area contributed by atoms with Crippen molar-refractivity contribution in [2.45, 2.75) is 32.7 Å². The fourth-order valence-electron chi connectivity index (χ4n) is 2.37. The van der Waals surface area contributed by atoms with E-state index in [0.29, 0.717) is 31.1 Å². The van der Waals surface area contributed by atoms with Crippen LogP contribution in [-0.2, 0) is 4.79 Å². The van der Waals surface area contributed by atoms with Crippen LogP contribution in [0.2, 0.25) is 5.02 Å². The normalized spacial score (nSPS) is 11.6. The molecule has 0 saturated heterocycles. The lowest BCUT2D eigenvalue weighted by Gasteiger charge is -2.15. The Balaban J connectivity index is 1.69. The van der Waals surface area contributed by atoms with Crippen LogP contribution in [0.4, 0.5) is 0 Å². The fraction of sp³-hybridized carbons (Fsp3) is 0.350. The molecule has 0 spiro atoms. The number of carbonyl (C=O) groups is 1. The number of hydrogen-bond donors (Lipinski definition) is 1. The monoisotopic (exact) mass is 361 g/mol. The van der Waals surface area contributed by atoms with Crippen LogP contribution in [0.3, 0.4) is 0 Å². The Morgan fingerprint density at radius 1 is 1.04 bits per heavy atom. The average molecular weight is 362 g/mol. The van der Waals surface area contributed by atoms with E-state index in [2.05, 4.69) is 5.32 Å². The van der Waals surface area contributed by atoms with Crippen molar-refractivity contribution in [3.05, 3.63) is 59.1 Å². The number of ether oxygens (including phenoxy) is 2. The van der Waals surface area contributed by atoms with Gasteiger partial charge in [0.25, 0.3) is 0 Å². The van der Waals surface area contributed by atoms with Gasteiger partial charge in [-0.1, -0.05) is 23.7 Å². The molecule has 25 heavy (non-hydrogen) atoms. The maximum absolute atomic E-state index is 12.0. The van der Waals surface area contributed by atoms with Gasteiger partial charge in [-0.25, -0.2) is 0 Å². The van der Waals surface area contributed by atoms with E-state index in [9.17, 15) is 4.79 Å². The van der Waals surface area contributed by atoms with E-state index in [0.717, 1.165) is 17.1 Å². The zero-order valence-corrected chi connectivity index (χ0v) is 15.4. The second-order valence-electron chi connectivity index (χ2n) is 5.70. The number of amides is 1. The summed E-state index contributed by atoms with van der Waals surface area (Å²) in [6.45, 7) is 5.06. The first-order valence-electron chi connectivity index (χ1n) is 8.49. The summed E-state index contributed by atoms with van der Waals surface area (Å²) in [7, 11) is 0. The number of benzene rings is 2. The van der Waals surface area contributed by atoms with Gasteiger partial charge in [-0.3, -0.25) is 4.79 Å². The molecule has 4 nitrogen and oxygen atoms in total. The molecule has 1 N–H and O–H groups in total. The SMILES string of the molecule is CCOc1ccc(C(C)NC(=O)CCCOc2ccc(Cl)cc2)cc1. The van der Waals surface area contributed by atoms with Crippen molar-refractivity contribution in [3.8, 4) is 11.5 Å². The third-order valence-corrected chi connectivity index (χ3v) is 3.95. The summed E-state index contributed by atoms with van der Waals surface area (Å²) in [6.07, 6.45) is 1.08. The van der Waals surface area contributed by atoms with Crippen molar-refractivity contribution >= 4 is 17.5 Å². The predicted molar refractivity (Wildman–Crippen MR) is 100 cm³/mol. The van der Waals surface area contributed by atoms with Crippen LogP contribution < -0.4 is 14.8 Å². The summed E-state index contributed by atoms with van der Waals surface area (Å²) in [4.78, 5) is 12.0. The Hall–Kier alpha value is -2.20. The van der Waals surface area contributed by atoms with Crippen LogP contribution in [0.1, 0.15) is 38.3 Å². The van der Waals surface area contributed by atoms with Crippen LogP contribution >= 0.6 is 11.6 Å². The molecule has 0 aliphatic carbocycles. The number of hydrogen-bond acceptors (Lipinski definition) is 3. The van der Waals surface area contributed by atoms with Crippen molar-refractivity contribution < 1.29 is 14.3 Å². The van der Waals surface area contributed by atoms with E-state index in [4.69, 9.17) is 21.1 Å². The second kappa shape index (κ2) is 9.94. The van der Waals surface area contributed by atoms with Gasteiger partial charge in [0, 0.05) is 11.4 Å². The van der Waals surface area contributed by atoms with E-state index in [1.165, 1.54) is 0 Å². The maximum Gasteiger partial charge on any atom is 0.220 e. The molecule has 1 unspecified atom stereocenters. The van der Waals surface area contributed by atoms with Gasteiger partial charge >= 0.3 is 0 Å². The van der Waals surface area contributed by atoms with Gasteiger partial charge in [0.1, 0.15) is 11.5 Å². The van der Waals surface area contributed by atoms with Crippen LogP contribution in [-0.4, -0.2) is 19.1 Å². The first kappa shape index (κ1) is 19.1. The van der Waals surface area contributed by atoms with Crippen molar-refractivity contribution in [1.29, 1.82) is 0 Å². The van der Waals surface area contributed by atoms with Crippen molar-refractivity contribution in [2.24, 2.45) is 0 Å². The predicted octanol–water partition coefficient (Wildman–Crippen LogP) is 4.78. The molecule has 0 saturated carbocycles. The average Bonchev–Trinajstić information content (AvgIpc) is 2.61. The molecule has 1 atom stereocenters. The molecular weight excluding hydrogens is 338 g/mol. The van der Waals surface area contributed by atoms with Gasteiger partial charge in [0.2, 0.25) is 5.91 Å². The second-order valence-corrected chi connectivity index (χ2v) is 6.13. The van der Waals surface area contributed by atoms with Gasteiger partial charge in [0.15, 0.2) is 0 Å². The number of halogens is 1. The summed E-state index contributed by atoms with van der Waals surface area (Å²) in [5.74, 6) is 1.61. The molecule has 134 valence electrons. The molecule has 2 rings (SSSR count). The minimum Gasteiger partial charge on any atom is -0.494 e. The summed E-state index contributed by atoms with van der Waals surface area (Å²) in [6, 6.07) is 14.9. The summed E-state index contributed by atoms with van der Waals surface area (Å²) in [5.41, 5.74) is 1.05. The Labute approximate surface area is 154 Å². The zero-order valence-electron chi connectivity index (χ0n) is 14.6. The lowest BCUT2D eigenvalue weighted by Crippen LogP contribution is -2.26. The quantitative estimate of drug-likeness (QED) is 0.654. The minimum atomic E-state index is -0.0413. The highest BCUT2D eigenvalue weighted by Crippen LogP contribution is 2.18. The summed E-state index contributed by atoms with van der Waals surface area (Å²) >= 11 is 5.82. The molecule has 2 aromatic rings. The maximum atomic E-state index is 12.0. The van der Waals surface area contributed by atoms with Gasteiger partial charge < -0.3 is 14.8 Å². The molecule has 0 bridgehead atoms. The van der Waals surface area contributed by atoms with Gasteiger partial charge in [-0.05, 0) is 62.2 Å². The molecular formula is C20H24ClNO3. The lowest BCUT2D eigenvalue weighted by atomic mass is 10.1. The van der Waals surface area contributed by atoms with E-state index < -0.39 is 0 Å². The van der Waals surface area contributed by atoms with Crippen molar-refractivity contribution in [3.63, 3.8) is 0 Å². The first-order valence-corrected chi connectivity index (χ1v) is 8.86. The van der Waals surface area contributed by atoms with E-state index in [1.807, 2.05) is 50.2 Å². The van der Waals surface area contributed by atoms with Crippen molar-refractivity contribution in [1.82, 2.24) is 5.32 Å². The van der Waals surface area contributed by atoms with Crippen LogP contribution in [0.5, 0.6) is 11.5 Å². The van der Waals surface area contributed by atoms with Crippen LogP contribution in [0.25, 0.3) is 0 Å². The molecule has 1 amide bonds. The van der Waals surface area contributed by atoms with E-state index in [1.54, 1.807) is 12.1 Å². The topological polar surface area (TPSA) is 47.6 Å². The number of rotatable bonds is 9. The Morgan fingerprint density at radius 3 is 2.28 bits per heavy atom. The number of carbonyl (C=O) groups excluding carboxylic acids is 1. The largest absolute Gasteiger partial charge is 0.494 e. The van der Waals surface area contributed by atoms with E-state index in [-0.39, 0.29) is 11.9 Å². The molecule has 2 aromatic carbocycles. The van der Waals surface area contributed by atoms with Crippen molar-refractivity contribution in [2.75, 3.05) is 13.2 Å².